The summed E-state index contributed by atoms with van der Waals surface area (Å²) in [6.45, 7) is 3.80. The van der Waals surface area contributed by atoms with Gasteiger partial charge in [-0.15, -0.1) is 0 Å². The number of rotatable bonds is 0. The van der Waals surface area contributed by atoms with E-state index in [1.165, 1.54) is 4.31 Å². The second-order valence-electron chi connectivity index (χ2n) is 4.27. The van der Waals surface area contributed by atoms with Crippen LogP contribution in [0.4, 0.5) is 0 Å². The first-order chi connectivity index (χ1) is 6.87. The van der Waals surface area contributed by atoms with Gasteiger partial charge >= 0.3 is 0 Å². The van der Waals surface area contributed by atoms with Gasteiger partial charge in [0.2, 0.25) is 10.0 Å². The van der Waals surface area contributed by atoms with Crippen molar-refractivity contribution in [1.82, 2.24) is 9.29 Å². The van der Waals surface area contributed by atoms with Crippen molar-refractivity contribution in [2.24, 2.45) is 0 Å². The lowest BCUT2D eigenvalue weighted by Crippen LogP contribution is -2.45. The van der Waals surface area contributed by atoms with Crippen molar-refractivity contribution in [2.75, 3.05) is 7.05 Å². The van der Waals surface area contributed by atoms with E-state index in [0.29, 0.717) is 6.54 Å². The Balaban J connectivity index is 2.72. The van der Waals surface area contributed by atoms with Crippen molar-refractivity contribution in [3.05, 3.63) is 29.6 Å². The molecule has 0 saturated carbocycles. The molecule has 1 aliphatic rings. The minimum atomic E-state index is -3.26. The fourth-order valence-electron chi connectivity index (χ4n) is 1.94. The third kappa shape index (κ3) is 1.30. The van der Waals surface area contributed by atoms with Crippen LogP contribution in [0.25, 0.3) is 0 Å². The van der Waals surface area contributed by atoms with Crippen molar-refractivity contribution < 1.29 is 8.42 Å². The van der Waals surface area contributed by atoms with E-state index in [9.17, 15) is 8.42 Å². The van der Waals surface area contributed by atoms with Crippen LogP contribution in [-0.2, 0) is 21.3 Å². The van der Waals surface area contributed by atoms with Gasteiger partial charge in [-0.3, -0.25) is 4.98 Å². The zero-order valence-electron chi connectivity index (χ0n) is 9.06. The van der Waals surface area contributed by atoms with E-state index in [4.69, 9.17) is 0 Å². The number of hydrogen-bond acceptors (Lipinski definition) is 3. The Labute approximate surface area is 90.0 Å². The Hall–Kier alpha value is -0.940. The third-order valence-electron chi connectivity index (χ3n) is 2.97. The summed E-state index contributed by atoms with van der Waals surface area (Å²) in [6.07, 6.45) is 1.70. The first-order valence-corrected chi connectivity index (χ1v) is 6.21. The van der Waals surface area contributed by atoms with E-state index >= 15 is 0 Å². The van der Waals surface area contributed by atoms with E-state index in [2.05, 4.69) is 4.98 Å². The molecule has 2 rings (SSSR count). The standard InChI is InChI=1S/C10H14N2O2S/c1-10(2)8-5-4-6-11-9(8)7-12(3)15(10,13)14/h4-6H,7H2,1-3H3. The molecule has 1 aromatic rings. The molecule has 4 nitrogen and oxygen atoms in total. The molecular weight excluding hydrogens is 212 g/mol. The number of pyridine rings is 1. The highest BCUT2D eigenvalue weighted by molar-refractivity contribution is 7.90. The second-order valence-corrected chi connectivity index (χ2v) is 6.86. The van der Waals surface area contributed by atoms with Crippen LogP contribution in [0.1, 0.15) is 25.1 Å². The van der Waals surface area contributed by atoms with Crippen LogP contribution in [0.15, 0.2) is 18.3 Å². The fraction of sp³-hybridized carbons (Fsp3) is 0.500. The monoisotopic (exact) mass is 226 g/mol. The summed E-state index contributed by atoms with van der Waals surface area (Å²) in [5.74, 6) is 0. The molecule has 5 heteroatoms. The van der Waals surface area contributed by atoms with Crippen LogP contribution < -0.4 is 0 Å². The lowest BCUT2D eigenvalue weighted by atomic mass is 10.00. The Morgan fingerprint density at radius 1 is 1.47 bits per heavy atom. The lowest BCUT2D eigenvalue weighted by Gasteiger charge is -2.36. The molecular formula is C10H14N2O2S. The van der Waals surface area contributed by atoms with Gasteiger partial charge in [0, 0.05) is 13.2 Å². The van der Waals surface area contributed by atoms with E-state index < -0.39 is 14.8 Å². The molecule has 1 aliphatic heterocycles. The van der Waals surface area contributed by atoms with Gasteiger partial charge in [-0.25, -0.2) is 8.42 Å². The molecule has 0 aromatic carbocycles. The topological polar surface area (TPSA) is 50.3 Å². The van der Waals surface area contributed by atoms with Gasteiger partial charge in [-0.05, 0) is 25.5 Å². The van der Waals surface area contributed by atoms with Gasteiger partial charge in [0.05, 0.1) is 12.2 Å². The Bertz CT molecular complexity index is 494. The number of aromatic nitrogens is 1. The van der Waals surface area contributed by atoms with Crippen LogP contribution in [-0.4, -0.2) is 24.8 Å². The SMILES string of the molecule is CN1Cc2ncccc2C(C)(C)S1(=O)=O. The van der Waals surface area contributed by atoms with E-state index in [1.54, 1.807) is 33.2 Å². The quantitative estimate of drug-likeness (QED) is 0.665. The van der Waals surface area contributed by atoms with Gasteiger partial charge in [-0.1, -0.05) is 6.07 Å². The molecule has 2 heterocycles. The molecule has 0 fully saturated rings. The van der Waals surface area contributed by atoms with Crippen molar-refractivity contribution in [1.29, 1.82) is 0 Å². The van der Waals surface area contributed by atoms with Crippen molar-refractivity contribution in [3.8, 4) is 0 Å². The maximum atomic E-state index is 12.1. The summed E-state index contributed by atoms with van der Waals surface area (Å²) in [6, 6.07) is 3.62. The van der Waals surface area contributed by atoms with E-state index in [-0.39, 0.29) is 0 Å². The van der Waals surface area contributed by atoms with Crippen LogP contribution in [0, 0.1) is 0 Å². The highest BCUT2D eigenvalue weighted by Gasteiger charge is 2.44. The van der Waals surface area contributed by atoms with Crippen LogP contribution in [0.5, 0.6) is 0 Å². The molecule has 0 atom stereocenters. The molecule has 82 valence electrons. The Kier molecular flexibility index (Phi) is 2.13. The Morgan fingerprint density at radius 2 is 2.13 bits per heavy atom. The van der Waals surface area contributed by atoms with Gasteiger partial charge in [0.1, 0.15) is 4.75 Å². The van der Waals surface area contributed by atoms with Gasteiger partial charge in [0.25, 0.3) is 0 Å². The largest absolute Gasteiger partial charge is 0.260 e. The molecule has 15 heavy (non-hydrogen) atoms. The summed E-state index contributed by atoms with van der Waals surface area (Å²) in [5.41, 5.74) is 1.66. The van der Waals surface area contributed by atoms with Crippen molar-refractivity contribution in [3.63, 3.8) is 0 Å². The lowest BCUT2D eigenvalue weighted by molar-refractivity contribution is 0.412. The predicted octanol–water partition coefficient (Wildman–Crippen LogP) is 1.09. The minimum Gasteiger partial charge on any atom is -0.260 e. The zero-order valence-corrected chi connectivity index (χ0v) is 9.87. The average Bonchev–Trinajstić information content (AvgIpc) is 2.16. The van der Waals surface area contributed by atoms with E-state index in [0.717, 1.165) is 11.3 Å². The van der Waals surface area contributed by atoms with Crippen molar-refractivity contribution >= 4 is 10.0 Å². The summed E-state index contributed by atoms with van der Waals surface area (Å²) in [7, 11) is -1.67. The van der Waals surface area contributed by atoms with Crippen LogP contribution in [0.3, 0.4) is 0 Å². The predicted molar refractivity (Wildman–Crippen MR) is 57.6 cm³/mol. The summed E-state index contributed by atoms with van der Waals surface area (Å²) >= 11 is 0. The molecule has 0 bridgehead atoms. The zero-order chi connectivity index (χ0) is 11.3. The fourth-order valence-corrected chi connectivity index (χ4v) is 3.47. The van der Waals surface area contributed by atoms with Crippen LogP contribution >= 0.6 is 0 Å². The normalized spacial score (nSPS) is 23.4. The van der Waals surface area contributed by atoms with Gasteiger partial charge < -0.3 is 0 Å². The van der Waals surface area contributed by atoms with Gasteiger partial charge in [-0.2, -0.15) is 4.31 Å². The molecule has 0 radical (unpaired) electrons. The summed E-state index contributed by atoms with van der Waals surface area (Å²) in [5, 5.41) is 0. The van der Waals surface area contributed by atoms with E-state index in [1.807, 2.05) is 6.07 Å². The molecule has 0 unspecified atom stereocenters. The first-order valence-electron chi connectivity index (χ1n) is 4.77. The number of hydrogen-bond donors (Lipinski definition) is 0. The Morgan fingerprint density at radius 3 is 2.80 bits per heavy atom. The van der Waals surface area contributed by atoms with Gasteiger partial charge in [0.15, 0.2) is 0 Å². The molecule has 0 aliphatic carbocycles. The number of sulfonamides is 1. The molecule has 0 saturated heterocycles. The second kappa shape index (κ2) is 3.02. The first kappa shape index (κ1) is 10.6. The van der Waals surface area contributed by atoms with Crippen LogP contribution in [0.2, 0.25) is 0 Å². The molecule has 0 spiro atoms. The molecule has 1 aromatic heterocycles. The maximum absolute atomic E-state index is 12.1. The highest BCUT2D eigenvalue weighted by Crippen LogP contribution is 2.37. The molecule has 0 amide bonds. The number of nitrogens with zero attached hydrogens (tertiary/aromatic N) is 2. The van der Waals surface area contributed by atoms with Crippen molar-refractivity contribution in [2.45, 2.75) is 25.1 Å². The number of fused-ring (bicyclic) bond motifs is 1. The summed E-state index contributed by atoms with van der Waals surface area (Å²) in [4.78, 5) is 4.22. The average molecular weight is 226 g/mol. The maximum Gasteiger partial charge on any atom is 0.223 e. The minimum absolute atomic E-state index is 0.363. The molecule has 0 N–H and O–H groups in total. The third-order valence-corrected chi connectivity index (χ3v) is 5.43. The summed E-state index contributed by atoms with van der Waals surface area (Å²) < 4.78 is 24.7. The highest BCUT2D eigenvalue weighted by atomic mass is 32.2. The smallest absolute Gasteiger partial charge is 0.223 e.